The molecule has 1 N–H and O–H groups in total. The number of rotatable bonds is 6. The maximum atomic E-state index is 12.4. The van der Waals surface area contributed by atoms with Gasteiger partial charge in [0, 0.05) is 25.7 Å². The van der Waals surface area contributed by atoms with Crippen molar-refractivity contribution in [3.8, 4) is 0 Å². The molecule has 21 heavy (non-hydrogen) atoms. The lowest BCUT2D eigenvalue weighted by Gasteiger charge is -2.25. The third-order valence-electron chi connectivity index (χ3n) is 3.79. The highest BCUT2D eigenvalue weighted by Crippen LogP contribution is 2.17. The smallest absolute Gasteiger partial charge is 0.218 e. The van der Waals surface area contributed by atoms with E-state index in [4.69, 9.17) is 0 Å². The molecule has 0 spiro atoms. The largest absolute Gasteiger partial charge is 0.310 e. The summed E-state index contributed by atoms with van der Waals surface area (Å²) in [5.74, 6) is 0.116. The van der Waals surface area contributed by atoms with E-state index in [9.17, 15) is 8.42 Å². The predicted molar refractivity (Wildman–Crippen MR) is 86.5 cm³/mol. The van der Waals surface area contributed by atoms with Crippen LogP contribution in [0, 0.1) is 0 Å². The summed E-state index contributed by atoms with van der Waals surface area (Å²) < 4.78 is 26.4. The second-order valence-electron chi connectivity index (χ2n) is 6.07. The van der Waals surface area contributed by atoms with Gasteiger partial charge in [-0.2, -0.15) is 0 Å². The van der Waals surface area contributed by atoms with Gasteiger partial charge in [0.25, 0.3) is 0 Å². The lowest BCUT2D eigenvalue weighted by molar-refractivity contribution is 0.346. The number of nitrogens with one attached hydrogen (secondary N) is 1. The Morgan fingerprint density at radius 2 is 1.62 bits per heavy atom. The molecular formula is C16H26N2O2S. The standard InChI is InChI=1S/C16H26N2O2S/c1-14(2)17-12-15-6-8-16(9-7-15)13-21(19,20)18-10-4-3-5-11-18/h6-9,14,17H,3-5,10-13H2,1-2H3. The minimum absolute atomic E-state index is 0.116. The van der Waals surface area contributed by atoms with Gasteiger partial charge in [0.15, 0.2) is 0 Å². The van der Waals surface area contributed by atoms with Gasteiger partial charge >= 0.3 is 0 Å². The molecule has 1 aliphatic rings. The van der Waals surface area contributed by atoms with Gasteiger partial charge in [0.2, 0.25) is 10.0 Å². The Morgan fingerprint density at radius 1 is 1.05 bits per heavy atom. The third kappa shape index (κ3) is 5.09. The molecule has 0 amide bonds. The molecule has 1 heterocycles. The maximum Gasteiger partial charge on any atom is 0.218 e. The topological polar surface area (TPSA) is 49.4 Å². The van der Waals surface area contributed by atoms with Crippen LogP contribution in [0.25, 0.3) is 0 Å². The molecule has 0 bridgehead atoms. The predicted octanol–water partition coefficient (Wildman–Crippen LogP) is 2.50. The van der Waals surface area contributed by atoms with Crippen molar-refractivity contribution in [1.82, 2.24) is 9.62 Å². The Kier molecular flexibility index (Phi) is 5.79. The first-order valence-corrected chi connectivity index (χ1v) is 9.37. The third-order valence-corrected chi connectivity index (χ3v) is 5.64. The molecule has 0 aliphatic carbocycles. The van der Waals surface area contributed by atoms with Gasteiger partial charge in [-0.1, -0.05) is 44.5 Å². The summed E-state index contributed by atoms with van der Waals surface area (Å²) >= 11 is 0. The highest BCUT2D eigenvalue weighted by atomic mass is 32.2. The highest BCUT2D eigenvalue weighted by Gasteiger charge is 2.23. The SMILES string of the molecule is CC(C)NCc1ccc(CS(=O)(=O)N2CCCCC2)cc1. The zero-order chi connectivity index (χ0) is 15.3. The Bertz CT molecular complexity index is 532. The maximum absolute atomic E-state index is 12.4. The number of sulfonamides is 1. The summed E-state index contributed by atoms with van der Waals surface area (Å²) in [7, 11) is -3.16. The summed E-state index contributed by atoms with van der Waals surface area (Å²) in [5.41, 5.74) is 2.05. The minimum atomic E-state index is -3.16. The summed E-state index contributed by atoms with van der Waals surface area (Å²) in [6.07, 6.45) is 3.11. The number of hydrogen-bond acceptors (Lipinski definition) is 3. The molecule has 2 rings (SSSR count). The Hall–Kier alpha value is -0.910. The minimum Gasteiger partial charge on any atom is -0.310 e. The molecule has 0 saturated carbocycles. The second kappa shape index (κ2) is 7.38. The average molecular weight is 310 g/mol. The summed E-state index contributed by atoms with van der Waals surface area (Å²) in [5, 5.41) is 3.35. The van der Waals surface area contributed by atoms with Crippen molar-refractivity contribution in [2.24, 2.45) is 0 Å². The molecule has 118 valence electrons. The molecule has 0 unspecified atom stereocenters. The van der Waals surface area contributed by atoms with Crippen LogP contribution in [0.1, 0.15) is 44.2 Å². The molecule has 5 heteroatoms. The molecule has 1 aliphatic heterocycles. The van der Waals surface area contributed by atoms with Crippen LogP contribution >= 0.6 is 0 Å². The van der Waals surface area contributed by atoms with Gasteiger partial charge in [0.05, 0.1) is 5.75 Å². The molecule has 0 radical (unpaired) electrons. The fourth-order valence-corrected chi connectivity index (χ4v) is 4.13. The van der Waals surface area contributed by atoms with Gasteiger partial charge in [-0.15, -0.1) is 0 Å². The Labute approximate surface area is 128 Å². The number of hydrogen-bond donors (Lipinski definition) is 1. The number of benzene rings is 1. The van der Waals surface area contributed by atoms with E-state index in [2.05, 4.69) is 19.2 Å². The van der Waals surface area contributed by atoms with Crippen molar-refractivity contribution in [2.75, 3.05) is 13.1 Å². The summed E-state index contributed by atoms with van der Waals surface area (Å²) in [6, 6.07) is 8.33. The molecule has 1 aromatic rings. The molecule has 1 aromatic carbocycles. The molecular weight excluding hydrogens is 284 g/mol. The molecule has 0 atom stereocenters. The molecule has 1 saturated heterocycles. The van der Waals surface area contributed by atoms with Crippen LogP contribution in [0.2, 0.25) is 0 Å². The average Bonchev–Trinajstić information content (AvgIpc) is 2.47. The van der Waals surface area contributed by atoms with E-state index < -0.39 is 10.0 Å². The second-order valence-corrected chi connectivity index (χ2v) is 8.04. The van der Waals surface area contributed by atoms with Gasteiger partial charge in [-0.3, -0.25) is 0 Å². The van der Waals surface area contributed by atoms with Crippen molar-refractivity contribution in [3.05, 3.63) is 35.4 Å². The number of piperidine rings is 1. The fraction of sp³-hybridized carbons (Fsp3) is 0.625. The zero-order valence-electron chi connectivity index (χ0n) is 13.0. The van der Waals surface area contributed by atoms with E-state index in [0.29, 0.717) is 19.1 Å². The quantitative estimate of drug-likeness (QED) is 0.878. The van der Waals surface area contributed by atoms with Crippen molar-refractivity contribution >= 4 is 10.0 Å². The van der Waals surface area contributed by atoms with Crippen molar-refractivity contribution in [2.45, 2.75) is 51.4 Å². The van der Waals surface area contributed by atoms with Crippen LogP contribution in [-0.2, 0) is 22.3 Å². The zero-order valence-corrected chi connectivity index (χ0v) is 13.8. The van der Waals surface area contributed by atoms with Crippen LogP contribution in [0.15, 0.2) is 24.3 Å². The van der Waals surface area contributed by atoms with Crippen molar-refractivity contribution in [1.29, 1.82) is 0 Å². The molecule has 1 fully saturated rings. The molecule has 4 nitrogen and oxygen atoms in total. The van der Waals surface area contributed by atoms with E-state index in [-0.39, 0.29) is 5.75 Å². The van der Waals surface area contributed by atoms with E-state index >= 15 is 0 Å². The lowest BCUT2D eigenvalue weighted by Crippen LogP contribution is -2.36. The van der Waals surface area contributed by atoms with Crippen molar-refractivity contribution < 1.29 is 8.42 Å². The van der Waals surface area contributed by atoms with E-state index in [1.807, 2.05) is 24.3 Å². The Balaban J connectivity index is 1.95. The van der Waals surface area contributed by atoms with Crippen LogP contribution in [-0.4, -0.2) is 31.9 Å². The fourth-order valence-electron chi connectivity index (χ4n) is 2.52. The van der Waals surface area contributed by atoms with E-state index in [1.54, 1.807) is 4.31 Å². The Morgan fingerprint density at radius 3 is 2.19 bits per heavy atom. The first-order chi connectivity index (χ1) is 9.97. The van der Waals surface area contributed by atoms with Crippen molar-refractivity contribution in [3.63, 3.8) is 0 Å². The highest BCUT2D eigenvalue weighted by molar-refractivity contribution is 7.88. The lowest BCUT2D eigenvalue weighted by atomic mass is 10.1. The van der Waals surface area contributed by atoms with E-state index in [1.165, 1.54) is 5.56 Å². The monoisotopic (exact) mass is 310 g/mol. The molecule has 0 aromatic heterocycles. The van der Waals surface area contributed by atoms with Crippen LogP contribution < -0.4 is 5.32 Å². The van der Waals surface area contributed by atoms with Gasteiger partial charge in [-0.05, 0) is 24.0 Å². The first kappa shape index (κ1) is 16.5. The number of nitrogens with zero attached hydrogens (tertiary/aromatic N) is 1. The van der Waals surface area contributed by atoms with Crippen LogP contribution in [0.4, 0.5) is 0 Å². The van der Waals surface area contributed by atoms with E-state index in [0.717, 1.165) is 31.4 Å². The van der Waals surface area contributed by atoms with Gasteiger partial charge in [-0.25, -0.2) is 12.7 Å². The van der Waals surface area contributed by atoms with Gasteiger partial charge in [0.1, 0.15) is 0 Å². The van der Waals surface area contributed by atoms with Crippen LogP contribution in [0.5, 0.6) is 0 Å². The van der Waals surface area contributed by atoms with Gasteiger partial charge < -0.3 is 5.32 Å². The van der Waals surface area contributed by atoms with Crippen LogP contribution in [0.3, 0.4) is 0 Å². The summed E-state index contributed by atoms with van der Waals surface area (Å²) in [4.78, 5) is 0. The summed E-state index contributed by atoms with van der Waals surface area (Å²) in [6.45, 7) is 6.40. The normalized spacial score (nSPS) is 17.3. The first-order valence-electron chi connectivity index (χ1n) is 7.76.